The van der Waals surface area contributed by atoms with Crippen molar-refractivity contribution in [2.75, 3.05) is 33.2 Å². The summed E-state index contributed by atoms with van der Waals surface area (Å²) in [5.41, 5.74) is 6.69. The average molecular weight is 255 g/mol. The van der Waals surface area contributed by atoms with Gasteiger partial charge in [0.2, 0.25) is 5.91 Å². The van der Waals surface area contributed by atoms with E-state index in [0.717, 1.165) is 13.1 Å². The Bertz CT molecular complexity index is 327. The molecule has 0 aliphatic heterocycles. The maximum absolute atomic E-state index is 12.0. The van der Waals surface area contributed by atoms with E-state index in [9.17, 15) is 4.79 Å². The second-order valence-corrected chi connectivity index (χ2v) is 4.82. The first-order valence-corrected chi connectivity index (χ1v) is 6.79. The molecule has 0 fully saturated rings. The Hall–Kier alpha value is -0.910. The third-order valence-electron chi connectivity index (χ3n) is 2.68. The fourth-order valence-electron chi connectivity index (χ4n) is 1.59. The van der Waals surface area contributed by atoms with Crippen molar-refractivity contribution in [3.63, 3.8) is 0 Å². The fourth-order valence-corrected chi connectivity index (χ4v) is 2.25. The van der Waals surface area contributed by atoms with Gasteiger partial charge in [0, 0.05) is 26.7 Å². The van der Waals surface area contributed by atoms with E-state index in [1.54, 1.807) is 16.2 Å². The van der Waals surface area contributed by atoms with Crippen molar-refractivity contribution in [1.82, 2.24) is 9.80 Å². The number of thiophene rings is 1. The molecule has 1 aromatic heterocycles. The van der Waals surface area contributed by atoms with Gasteiger partial charge in [0.25, 0.3) is 0 Å². The van der Waals surface area contributed by atoms with E-state index in [-0.39, 0.29) is 5.91 Å². The van der Waals surface area contributed by atoms with Crippen LogP contribution in [-0.4, -0.2) is 48.9 Å². The summed E-state index contributed by atoms with van der Waals surface area (Å²) < 4.78 is 0. The van der Waals surface area contributed by atoms with Crippen molar-refractivity contribution in [3.8, 4) is 0 Å². The van der Waals surface area contributed by atoms with Crippen LogP contribution < -0.4 is 5.73 Å². The molecule has 0 saturated heterocycles. The monoisotopic (exact) mass is 255 g/mol. The molecule has 0 aliphatic rings. The smallest absolute Gasteiger partial charge is 0.236 e. The fraction of sp³-hybridized carbons (Fsp3) is 0.583. The largest absolute Gasteiger partial charge is 0.340 e. The molecule has 2 N–H and O–H groups in total. The highest BCUT2D eigenvalue weighted by molar-refractivity contribution is 7.07. The normalized spacial score (nSPS) is 10.8. The molecular weight excluding hydrogens is 234 g/mol. The van der Waals surface area contributed by atoms with Gasteiger partial charge in [-0.2, -0.15) is 11.3 Å². The van der Waals surface area contributed by atoms with Crippen LogP contribution in [0, 0.1) is 0 Å². The van der Waals surface area contributed by atoms with E-state index < -0.39 is 0 Å². The lowest BCUT2D eigenvalue weighted by Gasteiger charge is -2.23. The number of hydrogen-bond donors (Lipinski definition) is 1. The SMILES string of the molecule is CCN(CCN)CC(=O)N(C)Cc1ccsc1. The third-order valence-corrected chi connectivity index (χ3v) is 3.41. The minimum absolute atomic E-state index is 0.145. The molecule has 1 aromatic rings. The van der Waals surface area contributed by atoms with E-state index in [4.69, 9.17) is 5.73 Å². The van der Waals surface area contributed by atoms with E-state index >= 15 is 0 Å². The van der Waals surface area contributed by atoms with Gasteiger partial charge >= 0.3 is 0 Å². The molecule has 1 heterocycles. The zero-order valence-electron chi connectivity index (χ0n) is 10.6. The Labute approximate surface area is 107 Å². The molecule has 5 heteroatoms. The summed E-state index contributed by atoms with van der Waals surface area (Å²) in [4.78, 5) is 15.8. The van der Waals surface area contributed by atoms with Crippen molar-refractivity contribution in [2.45, 2.75) is 13.5 Å². The number of carbonyl (C=O) groups is 1. The molecule has 0 bridgehead atoms. The standard InChI is InChI=1S/C12H21N3OS/c1-3-15(6-5-13)9-12(16)14(2)8-11-4-7-17-10-11/h4,7,10H,3,5-6,8-9,13H2,1-2H3. The molecule has 4 nitrogen and oxygen atoms in total. The van der Waals surface area contributed by atoms with Crippen LogP contribution in [0.2, 0.25) is 0 Å². The van der Waals surface area contributed by atoms with Crippen LogP contribution in [0.25, 0.3) is 0 Å². The van der Waals surface area contributed by atoms with Gasteiger partial charge in [0.15, 0.2) is 0 Å². The molecule has 0 unspecified atom stereocenters. The van der Waals surface area contributed by atoms with E-state index in [0.29, 0.717) is 19.6 Å². The number of rotatable bonds is 7. The molecule has 0 saturated carbocycles. The van der Waals surface area contributed by atoms with Crippen LogP contribution in [-0.2, 0) is 11.3 Å². The maximum atomic E-state index is 12.0. The highest BCUT2D eigenvalue weighted by atomic mass is 32.1. The molecule has 0 aromatic carbocycles. The first kappa shape index (κ1) is 14.2. The number of carbonyl (C=O) groups excluding carboxylic acids is 1. The molecular formula is C12H21N3OS. The summed E-state index contributed by atoms with van der Waals surface area (Å²) in [5.74, 6) is 0.145. The van der Waals surface area contributed by atoms with Gasteiger partial charge in [-0.25, -0.2) is 0 Å². The Morgan fingerprint density at radius 2 is 2.29 bits per heavy atom. The first-order valence-electron chi connectivity index (χ1n) is 5.84. The summed E-state index contributed by atoms with van der Waals surface area (Å²) >= 11 is 1.65. The predicted octanol–water partition coefficient (Wildman–Crippen LogP) is 0.987. The zero-order chi connectivity index (χ0) is 12.7. The molecule has 0 radical (unpaired) electrons. The van der Waals surface area contributed by atoms with Crippen molar-refractivity contribution < 1.29 is 4.79 Å². The number of hydrogen-bond acceptors (Lipinski definition) is 4. The van der Waals surface area contributed by atoms with Crippen LogP contribution >= 0.6 is 11.3 Å². The lowest BCUT2D eigenvalue weighted by Crippen LogP contribution is -2.40. The Morgan fingerprint density at radius 1 is 1.53 bits per heavy atom. The van der Waals surface area contributed by atoms with Gasteiger partial charge in [0.1, 0.15) is 0 Å². The number of nitrogens with two attached hydrogens (primary N) is 1. The highest BCUT2D eigenvalue weighted by Gasteiger charge is 2.13. The van der Waals surface area contributed by atoms with Crippen LogP contribution in [0.4, 0.5) is 0 Å². The Morgan fingerprint density at radius 3 is 2.82 bits per heavy atom. The predicted molar refractivity (Wildman–Crippen MR) is 72.0 cm³/mol. The lowest BCUT2D eigenvalue weighted by atomic mass is 10.3. The van der Waals surface area contributed by atoms with Gasteiger partial charge in [-0.05, 0) is 28.9 Å². The van der Waals surface area contributed by atoms with Gasteiger partial charge < -0.3 is 10.6 Å². The highest BCUT2D eigenvalue weighted by Crippen LogP contribution is 2.08. The van der Waals surface area contributed by atoms with Crippen LogP contribution in [0.5, 0.6) is 0 Å². The van der Waals surface area contributed by atoms with Crippen molar-refractivity contribution >= 4 is 17.2 Å². The van der Waals surface area contributed by atoms with Gasteiger partial charge in [-0.3, -0.25) is 9.69 Å². The molecule has 0 atom stereocenters. The lowest BCUT2D eigenvalue weighted by molar-refractivity contribution is -0.131. The summed E-state index contributed by atoms with van der Waals surface area (Å²) in [6, 6.07) is 2.05. The average Bonchev–Trinajstić information content (AvgIpc) is 2.81. The topological polar surface area (TPSA) is 49.6 Å². The summed E-state index contributed by atoms with van der Waals surface area (Å²) in [6.07, 6.45) is 0. The van der Waals surface area contributed by atoms with E-state index in [1.165, 1.54) is 5.56 Å². The van der Waals surface area contributed by atoms with Crippen LogP contribution in [0.1, 0.15) is 12.5 Å². The van der Waals surface area contributed by atoms with Gasteiger partial charge in [0.05, 0.1) is 6.54 Å². The Balaban J connectivity index is 2.40. The minimum Gasteiger partial charge on any atom is -0.340 e. The van der Waals surface area contributed by atoms with Crippen LogP contribution in [0.3, 0.4) is 0 Å². The van der Waals surface area contributed by atoms with Crippen LogP contribution in [0.15, 0.2) is 16.8 Å². The molecule has 96 valence electrons. The maximum Gasteiger partial charge on any atom is 0.236 e. The molecule has 17 heavy (non-hydrogen) atoms. The van der Waals surface area contributed by atoms with Crippen molar-refractivity contribution in [3.05, 3.63) is 22.4 Å². The summed E-state index contributed by atoms with van der Waals surface area (Å²) in [7, 11) is 1.84. The molecule has 0 aliphatic carbocycles. The van der Waals surface area contributed by atoms with E-state index in [1.807, 2.05) is 25.4 Å². The minimum atomic E-state index is 0.145. The molecule has 1 rings (SSSR count). The third kappa shape index (κ3) is 4.85. The zero-order valence-corrected chi connectivity index (χ0v) is 11.4. The number of likely N-dealkylation sites (N-methyl/N-ethyl adjacent to an activating group) is 2. The van der Waals surface area contributed by atoms with Gasteiger partial charge in [-0.15, -0.1) is 0 Å². The molecule has 0 spiro atoms. The van der Waals surface area contributed by atoms with E-state index in [2.05, 4.69) is 10.3 Å². The number of amides is 1. The number of nitrogens with zero attached hydrogens (tertiary/aromatic N) is 2. The second kappa shape index (κ2) is 7.42. The summed E-state index contributed by atoms with van der Waals surface area (Å²) in [6.45, 7) is 5.40. The Kier molecular flexibility index (Phi) is 6.18. The first-order chi connectivity index (χ1) is 8.17. The summed E-state index contributed by atoms with van der Waals surface area (Å²) in [5, 5.41) is 4.10. The van der Waals surface area contributed by atoms with Crippen molar-refractivity contribution in [2.24, 2.45) is 5.73 Å². The second-order valence-electron chi connectivity index (χ2n) is 4.04. The van der Waals surface area contributed by atoms with Gasteiger partial charge in [-0.1, -0.05) is 6.92 Å². The molecule has 1 amide bonds. The van der Waals surface area contributed by atoms with Crippen molar-refractivity contribution in [1.29, 1.82) is 0 Å². The quantitative estimate of drug-likeness (QED) is 0.790.